The summed E-state index contributed by atoms with van der Waals surface area (Å²) in [4.78, 5) is 4.87. The first-order chi connectivity index (χ1) is 11.3. The highest BCUT2D eigenvalue weighted by atomic mass is 15.1. The van der Waals surface area contributed by atoms with Crippen molar-refractivity contribution in [3.63, 3.8) is 0 Å². The van der Waals surface area contributed by atoms with Crippen molar-refractivity contribution in [3.8, 4) is 0 Å². The van der Waals surface area contributed by atoms with Crippen LogP contribution in [0, 0.1) is 0 Å². The molecular formula is C20H25N3. The van der Waals surface area contributed by atoms with Crippen molar-refractivity contribution in [3.05, 3.63) is 65.5 Å². The van der Waals surface area contributed by atoms with E-state index in [9.17, 15) is 0 Å². The Morgan fingerprint density at radius 3 is 2.35 bits per heavy atom. The summed E-state index contributed by atoms with van der Waals surface area (Å²) in [5.41, 5.74) is 11.1. The number of para-hydroxylation sites is 2. The molecule has 1 unspecified atom stereocenters. The molecule has 1 atom stereocenters. The number of hydrogen-bond donors (Lipinski definition) is 1. The average molecular weight is 307 g/mol. The van der Waals surface area contributed by atoms with E-state index in [1.54, 1.807) is 0 Å². The lowest BCUT2D eigenvalue weighted by atomic mass is 9.97. The highest BCUT2D eigenvalue weighted by molar-refractivity contribution is 5.76. The van der Waals surface area contributed by atoms with Crippen LogP contribution in [0.15, 0.2) is 48.5 Å². The van der Waals surface area contributed by atoms with Crippen molar-refractivity contribution in [2.24, 2.45) is 5.73 Å². The van der Waals surface area contributed by atoms with Crippen molar-refractivity contribution in [2.75, 3.05) is 6.54 Å². The van der Waals surface area contributed by atoms with Gasteiger partial charge in [0.1, 0.15) is 5.82 Å². The molecule has 1 aromatic heterocycles. The maximum Gasteiger partial charge on any atom is 0.114 e. The van der Waals surface area contributed by atoms with Gasteiger partial charge in [-0.05, 0) is 43.0 Å². The molecule has 0 saturated carbocycles. The Balaban J connectivity index is 1.93. The Morgan fingerprint density at radius 2 is 1.70 bits per heavy atom. The molecule has 23 heavy (non-hydrogen) atoms. The van der Waals surface area contributed by atoms with Crippen LogP contribution in [-0.4, -0.2) is 16.1 Å². The van der Waals surface area contributed by atoms with Gasteiger partial charge < -0.3 is 10.3 Å². The van der Waals surface area contributed by atoms with E-state index in [0.29, 0.717) is 6.54 Å². The fourth-order valence-electron chi connectivity index (χ4n) is 3.21. The molecular weight excluding hydrogens is 282 g/mol. The summed E-state index contributed by atoms with van der Waals surface area (Å²) in [6.45, 7) is 5.88. The molecule has 0 radical (unpaired) electrons. The van der Waals surface area contributed by atoms with Crippen LogP contribution in [-0.2, 0) is 19.4 Å². The third kappa shape index (κ3) is 3.15. The van der Waals surface area contributed by atoms with Crippen molar-refractivity contribution in [1.29, 1.82) is 0 Å². The van der Waals surface area contributed by atoms with Gasteiger partial charge in [0.15, 0.2) is 0 Å². The van der Waals surface area contributed by atoms with Crippen molar-refractivity contribution < 1.29 is 0 Å². The minimum Gasteiger partial charge on any atom is -0.330 e. The molecule has 0 aliphatic rings. The van der Waals surface area contributed by atoms with Crippen LogP contribution in [0.4, 0.5) is 0 Å². The molecule has 0 spiro atoms. The molecule has 3 nitrogen and oxygen atoms in total. The normalized spacial score (nSPS) is 12.7. The monoisotopic (exact) mass is 307 g/mol. The first-order valence-electron chi connectivity index (χ1n) is 8.49. The number of nitrogens with zero attached hydrogens (tertiary/aromatic N) is 2. The first kappa shape index (κ1) is 15.8. The van der Waals surface area contributed by atoms with Crippen LogP contribution in [0.3, 0.4) is 0 Å². The van der Waals surface area contributed by atoms with Crippen molar-refractivity contribution in [1.82, 2.24) is 9.55 Å². The van der Waals surface area contributed by atoms with E-state index in [1.807, 2.05) is 6.07 Å². The zero-order valence-electron chi connectivity index (χ0n) is 14.0. The molecule has 0 amide bonds. The van der Waals surface area contributed by atoms with Crippen LogP contribution >= 0.6 is 0 Å². The molecule has 0 aliphatic carbocycles. The number of hydrogen-bond acceptors (Lipinski definition) is 2. The number of fused-ring (bicyclic) bond motifs is 1. The molecule has 120 valence electrons. The van der Waals surface area contributed by atoms with Crippen LogP contribution < -0.4 is 5.73 Å². The fourth-order valence-corrected chi connectivity index (χ4v) is 3.21. The molecule has 3 aromatic rings. The lowest BCUT2D eigenvalue weighted by Crippen LogP contribution is -2.19. The van der Waals surface area contributed by atoms with Crippen LogP contribution in [0.5, 0.6) is 0 Å². The van der Waals surface area contributed by atoms with E-state index in [-0.39, 0.29) is 5.92 Å². The topological polar surface area (TPSA) is 43.8 Å². The second kappa shape index (κ2) is 6.97. The summed E-state index contributed by atoms with van der Waals surface area (Å²) in [5, 5.41) is 0. The van der Waals surface area contributed by atoms with Crippen molar-refractivity contribution >= 4 is 11.0 Å². The minimum absolute atomic E-state index is 0.245. The van der Waals surface area contributed by atoms with Gasteiger partial charge in [0.25, 0.3) is 0 Å². The summed E-state index contributed by atoms with van der Waals surface area (Å²) in [6, 6.07) is 17.2. The third-order valence-corrected chi connectivity index (χ3v) is 4.56. The van der Waals surface area contributed by atoms with Gasteiger partial charge in [-0.15, -0.1) is 0 Å². The van der Waals surface area contributed by atoms with Gasteiger partial charge in [0.2, 0.25) is 0 Å². The number of aryl methyl sites for hydroxylation is 2. The largest absolute Gasteiger partial charge is 0.330 e. The average Bonchev–Trinajstić information content (AvgIpc) is 2.98. The summed E-state index contributed by atoms with van der Waals surface area (Å²) in [5.74, 6) is 1.35. The fraction of sp³-hybridized carbons (Fsp3) is 0.350. The van der Waals surface area contributed by atoms with Gasteiger partial charge in [-0.25, -0.2) is 4.98 Å². The zero-order valence-corrected chi connectivity index (χ0v) is 14.0. The number of nitrogens with two attached hydrogens (primary N) is 1. The molecule has 2 aromatic carbocycles. The molecule has 0 bridgehead atoms. The van der Waals surface area contributed by atoms with E-state index in [1.165, 1.54) is 16.6 Å². The number of rotatable bonds is 6. The Kier molecular flexibility index (Phi) is 4.77. The van der Waals surface area contributed by atoms with Crippen LogP contribution in [0.2, 0.25) is 0 Å². The summed E-state index contributed by atoms with van der Waals surface area (Å²) >= 11 is 0. The van der Waals surface area contributed by atoms with E-state index in [4.69, 9.17) is 10.7 Å². The Labute approximate surface area is 138 Å². The van der Waals surface area contributed by atoms with E-state index < -0.39 is 0 Å². The Morgan fingerprint density at radius 1 is 1.00 bits per heavy atom. The van der Waals surface area contributed by atoms with Crippen molar-refractivity contribution in [2.45, 2.75) is 39.2 Å². The van der Waals surface area contributed by atoms with Gasteiger partial charge in [-0.2, -0.15) is 0 Å². The smallest absolute Gasteiger partial charge is 0.114 e. The van der Waals surface area contributed by atoms with Gasteiger partial charge in [-0.1, -0.05) is 43.3 Å². The standard InChI is InChI=1S/C20H25N3/c1-3-15-9-11-16(12-10-15)13-17(14-21)20-22-18-7-5-6-8-19(18)23(20)4-2/h5-12,17H,3-4,13-14,21H2,1-2H3. The maximum atomic E-state index is 6.10. The van der Waals surface area contributed by atoms with Crippen LogP contribution in [0.25, 0.3) is 11.0 Å². The molecule has 0 saturated heterocycles. The summed E-state index contributed by atoms with van der Waals surface area (Å²) in [7, 11) is 0. The lowest BCUT2D eigenvalue weighted by molar-refractivity contribution is 0.597. The minimum atomic E-state index is 0.245. The SMILES string of the molecule is CCc1ccc(CC(CN)c2nc3ccccc3n2CC)cc1. The Bertz CT molecular complexity index is 771. The highest BCUT2D eigenvalue weighted by Gasteiger charge is 2.19. The predicted octanol–water partition coefficient (Wildman–Crippen LogP) is 3.90. The molecule has 0 fully saturated rings. The molecule has 3 rings (SSSR count). The van der Waals surface area contributed by atoms with E-state index >= 15 is 0 Å². The first-order valence-corrected chi connectivity index (χ1v) is 8.49. The molecule has 3 heteroatoms. The predicted molar refractivity (Wildman–Crippen MR) is 96.7 cm³/mol. The molecule has 0 aliphatic heterocycles. The maximum absolute atomic E-state index is 6.10. The second-order valence-corrected chi connectivity index (χ2v) is 6.01. The summed E-state index contributed by atoms with van der Waals surface area (Å²) < 4.78 is 2.30. The van der Waals surface area contributed by atoms with Gasteiger partial charge in [0, 0.05) is 19.0 Å². The lowest BCUT2D eigenvalue weighted by Gasteiger charge is -2.16. The molecule has 2 N–H and O–H groups in total. The van der Waals surface area contributed by atoms with Gasteiger partial charge in [0.05, 0.1) is 11.0 Å². The third-order valence-electron chi connectivity index (χ3n) is 4.56. The number of benzene rings is 2. The zero-order chi connectivity index (χ0) is 16.2. The highest BCUT2D eigenvalue weighted by Crippen LogP contribution is 2.24. The van der Waals surface area contributed by atoms with Crippen LogP contribution in [0.1, 0.15) is 36.7 Å². The quantitative estimate of drug-likeness (QED) is 0.750. The number of imidazole rings is 1. The molecule has 1 heterocycles. The second-order valence-electron chi connectivity index (χ2n) is 6.01. The number of aromatic nitrogens is 2. The van der Waals surface area contributed by atoms with E-state index in [0.717, 1.165) is 30.7 Å². The summed E-state index contributed by atoms with van der Waals surface area (Å²) in [6.07, 6.45) is 2.01. The van der Waals surface area contributed by atoms with E-state index in [2.05, 4.69) is 60.9 Å². The van der Waals surface area contributed by atoms with Gasteiger partial charge in [-0.3, -0.25) is 0 Å². The van der Waals surface area contributed by atoms with Gasteiger partial charge >= 0.3 is 0 Å². The Hall–Kier alpha value is -2.13.